The number of rotatable bonds is 8. The molecular weight excluding hydrogens is 426 g/mol. The molecule has 0 aliphatic carbocycles. The molecule has 9 heteroatoms. The zero-order valence-electron chi connectivity index (χ0n) is 19.0. The van der Waals surface area contributed by atoms with Crippen molar-refractivity contribution in [2.75, 3.05) is 53.6 Å². The third-order valence-electron chi connectivity index (χ3n) is 6.14. The Morgan fingerprint density at radius 1 is 1.09 bits per heavy atom. The van der Waals surface area contributed by atoms with Gasteiger partial charge in [0, 0.05) is 38.8 Å². The first-order valence-corrected chi connectivity index (χ1v) is 11.0. The van der Waals surface area contributed by atoms with Gasteiger partial charge in [0.05, 0.1) is 14.2 Å². The van der Waals surface area contributed by atoms with Gasteiger partial charge in [-0.25, -0.2) is 0 Å². The molecule has 0 bridgehead atoms. The number of methoxy groups -OCH3 is 2. The second-order valence-electron chi connectivity index (χ2n) is 8.27. The van der Waals surface area contributed by atoms with Crippen molar-refractivity contribution < 1.29 is 28.8 Å². The van der Waals surface area contributed by atoms with Crippen molar-refractivity contribution in [3.8, 4) is 23.0 Å². The van der Waals surface area contributed by atoms with E-state index in [9.17, 15) is 9.90 Å². The van der Waals surface area contributed by atoms with Crippen molar-refractivity contribution in [3.05, 3.63) is 48.0 Å². The number of nitrogens with two attached hydrogens (primary N) is 1. The normalized spacial score (nSPS) is 20.6. The van der Waals surface area contributed by atoms with Gasteiger partial charge < -0.3 is 29.8 Å². The van der Waals surface area contributed by atoms with Crippen LogP contribution in [0.15, 0.2) is 42.5 Å². The molecule has 33 heavy (non-hydrogen) atoms. The van der Waals surface area contributed by atoms with Gasteiger partial charge in [-0.2, -0.15) is 0 Å². The predicted octanol–water partition coefficient (Wildman–Crippen LogP) is 1.05. The fraction of sp³-hybridized carbons (Fsp3) is 0.458. The molecule has 2 heterocycles. The number of aliphatic hydroxyl groups excluding tert-OH is 1. The lowest BCUT2D eigenvalue weighted by molar-refractivity contribution is -0.124. The molecule has 178 valence electrons. The summed E-state index contributed by atoms with van der Waals surface area (Å²) in [4.78, 5) is 16.6. The highest BCUT2D eigenvalue weighted by Crippen LogP contribution is 2.32. The van der Waals surface area contributed by atoms with Crippen molar-refractivity contribution in [3.63, 3.8) is 0 Å². The summed E-state index contributed by atoms with van der Waals surface area (Å²) >= 11 is 0. The van der Waals surface area contributed by atoms with Gasteiger partial charge in [0.15, 0.2) is 17.6 Å². The SMILES string of the molecule is COc1cc(OC)cc(C(C(N)=O)N2CCN(CC(O)C3COc4ccccc4O3)CC2)c1. The fourth-order valence-corrected chi connectivity index (χ4v) is 4.35. The largest absolute Gasteiger partial charge is 0.497 e. The van der Waals surface area contributed by atoms with E-state index in [0.717, 1.165) is 5.56 Å². The molecule has 2 aliphatic rings. The number of nitrogens with zero attached hydrogens (tertiary/aromatic N) is 2. The monoisotopic (exact) mass is 457 g/mol. The first-order chi connectivity index (χ1) is 16.0. The number of piperazine rings is 1. The maximum atomic E-state index is 12.4. The summed E-state index contributed by atoms with van der Waals surface area (Å²) in [5.74, 6) is 2.13. The van der Waals surface area contributed by atoms with E-state index in [4.69, 9.17) is 24.7 Å². The zero-order valence-corrected chi connectivity index (χ0v) is 19.0. The van der Waals surface area contributed by atoms with E-state index in [1.165, 1.54) is 0 Å². The summed E-state index contributed by atoms with van der Waals surface area (Å²) in [6.07, 6.45) is -1.12. The third-order valence-corrected chi connectivity index (χ3v) is 6.14. The number of carbonyl (C=O) groups is 1. The van der Waals surface area contributed by atoms with Gasteiger partial charge in [-0.3, -0.25) is 14.6 Å². The van der Waals surface area contributed by atoms with Crippen LogP contribution in [-0.2, 0) is 4.79 Å². The molecule has 1 saturated heterocycles. The maximum Gasteiger partial charge on any atom is 0.239 e. The van der Waals surface area contributed by atoms with Crippen LogP contribution in [0.2, 0.25) is 0 Å². The Bertz CT molecular complexity index is 941. The number of benzene rings is 2. The first-order valence-electron chi connectivity index (χ1n) is 11.0. The Morgan fingerprint density at radius 3 is 2.33 bits per heavy atom. The van der Waals surface area contributed by atoms with Crippen molar-refractivity contribution in [1.29, 1.82) is 0 Å². The number of amides is 1. The summed E-state index contributed by atoms with van der Waals surface area (Å²) in [7, 11) is 3.14. The van der Waals surface area contributed by atoms with Crippen LogP contribution in [0, 0.1) is 0 Å². The molecule has 2 aliphatic heterocycles. The Morgan fingerprint density at radius 2 is 1.73 bits per heavy atom. The van der Waals surface area contributed by atoms with Gasteiger partial charge in [-0.05, 0) is 29.8 Å². The van der Waals surface area contributed by atoms with Gasteiger partial charge in [-0.1, -0.05) is 12.1 Å². The lowest BCUT2D eigenvalue weighted by atomic mass is 10.0. The molecular formula is C24H31N3O6. The van der Waals surface area contributed by atoms with E-state index in [2.05, 4.69) is 9.80 Å². The zero-order chi connectivity index (χ0) is 23.4. The lowest BCUT2D eigenvalue weighted by Crippen LogP contribution is -2.54. The van der Waals surface area contributed by atoms with E-state index < -0.39 is 24.2 Å². The second-order valence-corrected chi connectivity index (χ2v) is 8.27. The van der Waals surface area contributed by atoms with Crippen LogP contribution in [0.25, 0.3) is 0 Å². The van der Waals surface area contributed by atoms with E-state index in [1.54, 1.807) is 20.3 Å². The first kappa shape index (κ1) is 23.2. The van der Waals surface area contributed by atoms with Gasteiger partial charge in [0.2, 0.25) is 5.91 Å². The summed E-state index contributed by atoms with van der Waals surface area (Å²) in [5.41, 5.74) is 6.52. The minimum atomic E-state index is -0.695. The molecule has 0 aromatic heterocycles. The maximum absolute atomic E-state index is 12.4. The summed E-state index contributed by atoms with van der Waals surface area (Å²) < 4.78 is 22.3. The fourth-order valence-electron chi connectivity index (χ4n) is 4.35. The lowest BCUT2D eigenvalue weighted by Gasteiger charge is -2.40. The molecule has 0 spiro atoms. The molecule has 3 N–H and O–H groups in total. The number of primary amides is 1. The number of aliphatic hydroxyl groups is 1. The quantitative estimate of drug-likeness (QED) is 0.606. The number of fused-ring (bicyclic) bond motifs is 1. The van der Waals surface area contributed by atoms with Crippen LogP contribution < -0.4 is 24.7 Å². The average Bonchev–Trinajstić information content (AvgIpc) is 2.84. The van der Waals surface area contributed by atoms with E-state index in [-0.39, 0.29) is 0 Å². The van der Waals surface area contributed by atoms with Gasteiger partial charge in [-0.15, -0.1) is 0 Å². The minimum Gasteiger partial charge on any atom is -0.497 e. The minimum absolute atomic E-state index is 0.305. The Balaban J connectivity index is 1.36. The average molecular weight is 458 g/mol. The summed E-state index contributed by atoms with van der Waals surface area (Å²) in [6.45, 7) is 3.39. The van der Waals surface area contributed by atoms with Gasteiger partial charge in [0.1, 0.15) is 30.3 Å². The third kappa shape index (κ3) is 5.32. The molecule has 2 aromatic carbocycles. The van der Waals surface area contributed by atoms with Crippen molar-refractivity contribution in [2.24, 2.45) is 5.73 Å². The van der Waals surface area contributed by atoms with Gasteiger partial charge >= 0.3 is 0 Å². The van der Waals surface area contributed by atoms with Crippen LogP contribution in [-0.4, -0.2) is 86.6 Å². The number of hydrogen-bond donors (Lipinski definition) is 2. The van der Waals surface area contributed by atoms with Crippen LogP contribution >= 0.6 is 0 Å². The van der Waals surface area contributed by atoms with Crippen LogP contribution in [0.4, 0.5) is 0 Å². The van der Waals surface area contributed by atoms with Crippen molar-refractivity contribution in [2.45, 2.75) is 18.2 Å². The van der Waals surface area contributed by atoms with Crippen LogP contribution in [0.5, 0.6) is 23.0 Å². The Hall–Kier alpha value is -3.01. The molecule has 3 atom stereocenters. The predicted molar refractivity (Wildman–Crippen MR) is 122 cm³/mol. The molecule has 9 nitrogen and oxygen atoms in total. The summed E-state index contributed by atoms with van der Waals surface area (Å²) in [6, 6.07) is 12.2. The molecule has 2 aromatic rings. The van der Waals surface area contributed by atoms with Crippen molar-refractivity contribution in [1.82, 2.24) is 9.80 Å². The molecule has 4 rings (SSSR count). The Kier molecular flexibility index (Phi) is 7.22. The van der Waals surface area contributed by atoms with Gasteiger partial charge in [0.25, 0.3) is 0 Å². The van der Waals surface area contributed by atoms with E-state index in [1.807, 2.05) is 36.4 Å². The number of para-hydroxylation sites is 2. The highest BCUT2D eigenvalue weighted by Gasteiger charge is 2.33. The number of β-amino-alcohol motifs (C(OH)–C–C–N with tert-alkyl or cyclic N) is 1. The number of hydrogen-bond acceptors (Lipinski definition) is 8. The number of ether oxygens (including phenoxy) is 4. The highest BCUT2D eigenvalue weighted by atomic mass is 16.6. The smallest absolute Gasteiger partial charge is 0.239 e. The topological polar surface area (TPSA) is 107 Å². The van der Waals surface area contributed by atoms with Crippen molar-refractivity contribution >= 4 is 5.91 Å². The summed E-state index contributed by atoms with van der Waals surface area (Å²) in [5, 5.41) is 10.7. The van der Waals surface area contributed by atoms with Crippen LogP contribution in [0.3, 0.4) is 0 Å². The molecule has 1 amide bonds. The standard InChI is InChI=1S/C24H31N3O6/c1-30-17-11-16(12-18(13-17)31-2)23(24(25)29)27-9-7-26(8-10-27)14-19(28)22-15-32-20-5-3-4-6-21(20)33-22/h3-6,11-13,19,22-23,28H,7-10,14-15H2,1-2H3,(H2,25,29). The molecule has 0 radical (unpaired) electrons. The van der Waals surface area contributed by atoms with E-state index >= 15 is 0 Å². The number of carbonyl (C=O) groups excluding carboxylic acids is 1. The van der Waals surface area contributed by atoms with Crippen LogP contribution in [0.1, 0.15) is 11.6 Å². The van der Waals surface area contributed by atoms with E-state index in [0.29, 0.717) is 62.3 Å². The molecule has 0 saturated carbocycles. The molecule has 1 fully saturated rings. The highest BCUT2D eigenvalue weighted by molar-refractivity contribution is 5.81. The Labute approximate surface area is 193 Å². The molecule has 3 unspecified atom stereocenters. The second kappa shape index (κ2) is 10.3.